The molecule has 0 fully saturated rings. The number of hydrogen-bond acceptors (Lipinski definition) is 2. The summed E-state index contributed by atoms with van der Waals surface area (Å²) in [6.07, 6.45) is 3.92. The lowest BCUT2D eigenvalue weighted by Crippen LogP contribution is -2.07. The fourth-order valence-electron chi connectivity index (χ4n) is 1.26. The van der Waals surface area contributed by atoms with Crippen LogP contribution >= 0.6 is 0 Å². The molecule has 15 heavy (non-hydrogen) atoms. The molecule has 0 aliphatic carbocycles. The van der Waals surface area contributed by atoms with Gasteiger partial charge in [-0.1, -0.05) is 18.2 Å². The van der Waals surface area contributed by atoms with Crippen LogP contribution in [-0.4, -0.2) is 13.0 Å². The summed E-state index contributed by atoms with van der Waals surface area (Å²) in [5.41, 5.74) is 7.20. The number of hydrogen-bond donors (Lipinski definition) is 1. The normalized spacial score (nSPS) is 10.5. The molecule has 3 nitrogen and oxygen atoms in total. The van der Waals surface area contributed by atoms with Crippen molar-refractivity contribution in [1.29, 1.82) is 0 Å². The number of carbonyl (C=O) groups excluding carboxylic acids is 1. The first-order chi connectivity index (χ1) is 7.13. The van der Waals surface area contributed by atoms with Crippen molar-refractivity contribution in [3.8, 4) is 5.75 Å². The van der Waals surface area contributed by atoms with Gasteiger partial charge in [0.05, 0.1) is 7.11 Å². The summed E-state index contributed by atoms with van der Waals surface area (Å²) in [5, 5.41) is 0. The molecule has 0 saturated heterocycles. The quantitative estimate of drug-likeness (QED) is 0.816. The number of rotatable bonds is 4. The van der Waals surface area contributed by atoms with Crippen molar-refractivity contribution in [2.24, 2.45) is 5.73 Å². The minimum absolute atomic E-state index is 0.269. The van der Waals surface area contributed by atoms with Gasteiger partial charge >= 0.3 is 0 Å². The van der Waals surface area contributed by atoms with Crippen molar-refractivity contribution < 1.29 is 9.53 Å². The SMILES string of the molecule is COc1ccc(C=CCC(N)=O)c(C)c1. The fraction of sp³-hybridized carbons (Fsp3) is 0.250. The molecule has 0 saturated carbocycles. The van der Waals surface area contributed by atoms with Crippen LogP contribution in [0.5, 0.6) is 5.75 Å². The van der Waals surface area contributed by atoms with Crippen LogP contribution in [0.2, 0.25) is 0 Å². The van der Waals surface area contributed by atoms with Gasteiger partial charge in [-0.05, 0) is 30.2 Å². The largest absolute Gasteiger partial charge is 0.497 e. The summed E-state index contributed by atoms with van der Waals surface area (Å²) in [4.78, 5) is 10.5. The maximum absolute atomic E-state index is 10.5. The molecule has 1 aromatic carbocycles. The minimum atomic E-state index is -0.322. The number of benzene rings is 1. The minimum Gasteiger partial charge on any atom is -0.497 e. The van der Waals surface area contributed by atoms with E-state index in [0.29, 0.717) is 0 Å². The average Bonchev–Trinajstić information content (AvgIpc) is 2.20. The maximum Gasteiger partial charge on any atom is 0.221 e. The van der Waals surface area contributed by atoms with Crippen molar-refractivity contribution >= 4 is 12.0 Å². The summed E-state index contributed by atoms with van der Waals surface area (Å²) >= 11 is 0. The molecule has 1 rings (SSSR count). The van der Waals surface area contributed by atoms with Crippen LogP contribution in [0.1, 0.15) is 17.5 Å². The highest BCUT2D eigenvalue weighted by atomic mass is 16.5. The molecule has 3 heteroatoms. The van der Waals surface area contributed by atoms with Crippen LogP contribution in [-0.2, 0) is 4.79 Å². The Kier molecular flexibility index (Phi) is 3.92. The highest BCUT2D eigenvalue weighted by Gasteiger charge is 1.96. The summed E-state index contributed by atoms with van der Waals surface area (Å²) in [6.45, 7) is 1.99. The Hall–Kier alpha value is -1.77. The van der Waals surface area contributed by atoms with E-state index in [0.717, 1.165) is 16.9 Å². The number of nitrogens with two attached hydrogens (primary N) is 1. The van der Waals surface area contributed by atoms with E-state index in [4.69, 9.17) is 10.5 Å². The van der Waals surface area contributed by atoms with Gasteiger partial charge in [-0.15, -0.1) is 0 Å². The third-order valence-electron chi connectivity index (χ3n) is 2.09. The molecule has 0 bridgehead atoms. The van der Waals surface area contributed by atoms with Gasteiger partial charge < -0.3 is 10.5 Å². The smallest absolute Gasteiger partial charge is 0.221 e. The lowest BCUT2D eigenvalue weighted by molar-refractivity contribution is -0.117. The number of carbonyl (C=O) groups is 1. The number of aryl methyl sites for hydroxylation is 1. The van der Waals surface area contributed by atoms with Crippen LogP contribution in [0, 0.1) is 6.92 Å². The van der Waals surface area contributed by atoms with Gasteiger partial charge in [0, 0.05) is 6.42 Å². The molecule has 0 heterocycles. The Morgan fingerprint density at radius 1 is 1.53 bits per heavy atom. The van der Waals surface area contributed by atoms with Crippen LogP contribution in [0.15, 0.2) is 24.3 Å². The van der Waals surface area contributed by atoms with Gasteiger partial charge in [0.15, 0.2) is 0 Å². The van der Waals surface area contributed by atoms with E-state index < -0.39 is 0 Å². The van der Waals surface area contributed by atoms with Crippen LogP contribution in [0.3, 0.4) is 0 Å². The second kappa shape index (κ2) is 5.20. The Morgan fingerprint density at radius 3 is 2.80 bits per heavy atom. The van der Waals surface area contributed by atoms with Crippen molar-refractivity contribution in [2.45, 2.75) is 13.3 Å². The molecule has 2 N–H and O–H groups in total. The van der Waals surface area contributed by atoms with Crippen molar-refractivity contribution in [3.05, 3.63) is 35.4 Å². The van der Waals surface area contributed by atoms with Gasteiger partial charge in [0.25, 0.3) is 0 Å². The number of amides is 1. The zero-order valence-corrected chi connectivity index (χ0v) is 8.99. The van der Waals surface area contributed by atoms with E-state index in [2.05, 4.69) is 0 Å². The standard InChI is InChI=1S/C12H15NO2/c1-9-8-11(15-2)7-6-10(9)4-3-5-12(13)14/h3-4,6-8H,5H2,1-2H3,(H2,13,14). The first kappa shape index (κ1) is 11.3. The first-order valence-electron chi connectivity index (χ1n) is 4.73. The highest BCUT2D eigenvalue weighted by molar-refractivity contribution is 5.76. The van der Waals surface area contributed by atoms with E-state index in [-0.39, 0.29) is 12.3 Å². The van der Waals surface area contributed by atoms with E-state index in [1.807, 2.05) is 31.2 Å². The zero-order valence-electron chi connectivity index (χ0n) is 8.99. The number of ether oxygens (including phenoxy) is 1. The van der Waals surface area contributed by atoms with Gasteiger partial charge in [0.2, 0.25) is 5.91 Å². The van der Waals surface area contributed by atoms with Gasteiger partial charge in [-0.2, -0.15) is 0 Å². The van der Waals surface area contributed by atoms with E-state index in [1.54, 1.807) is 13.2 Å². The summed E-state index contributed by atoms with van der Waals surface area (Å²) in [6, 6.07) is 5.78. The second-order valence-electron chi connectivity index (χ2n) is 3.30. The van der Waals surface area contributed by atoms with Crippen LogP contribution < -0.4 is 10.5 Å². The molecule has 1 amide bonds. The van der Waals surface area contributed by atoms with Crippen molar-refractivity contribution in [1.82, 2.24) is 0 Å². The van der Waals surface area contributed by atoms with E-state index >= 15 is 0 Å². The molecule has 0 aromatic heterocycles. The van der Waals surface area contributed by atoms with Crippen molar-refractivity contribution in [3.63, 3.8) is 0 Å². The lowest BCUT2D eigenvalue weighted by Gasteiger charge is -2.03. The molecule has 80 valence electrons. The molecular weight excluding hydrogens is 190 g/mol. The third-order valence-corrected chi connectivity index (χ3v) is 2.09. The monoisotopic (exact) mass is 205 g/mol. The average molecular weight is 205 g/mol. The zero-order chi connectivity index (χ0) is 11.3. The van der Waals surface area contributed by atoms with E-state index in [9.17, 15) is 4.79 Å². The highest BCUT2D eigenvalue weighted by Crippen LogP contribution is 2.17. The maximum atomic E-state index is 10.5. The lowest BCUT2D eigenvalue weighted by atomic mass is 10.1. The Morgan fingerprint density at radius 2 is 2.27 bits per heavy atom. The molecule has 1 aromatic rings. The molecule has 0 radical (unpaired) electrons. The van der Waals surface area contributed by atoms with Crippen LogP contribution in [0.25, 0.3) is 6.08 Å². The molecular formula is C12H15NO2. The number of methoxy groups -OCH3 is 1. The Bertz CT molecular complexity index is 383. The van der Waals surface area contributed by atoms with Gasteiger partial charge in [-0.25, -0.2) is 0 Å². The summed E-state index contributed by atoms with van der Waals surface area (Å²) in [5.74, 6) is 0.511. The summed E-state index contributed by atoms with van der Waals surface area (Å²) in [7, 11) is 1.64. The predicted octanol–water partition coefficient (Wildman–Crippen LogP) is 1.89. The molecule has 0 aliphatic heterocycles. The Labute approximate surface area is 89.5 Å². The van der Waals surface area contributed by atoms with Crippen molar-refractivity contribution in [2.75, 3.05) is 7.11 Å². The third kappa shape index (κ3) is 3.46. The van der Waals surface area contributed by atoms with Gasteiger partial charge in [-0.3, -0.25) is 4.79 Å². The molecule has 0 unspecified atom stereocenters. The second-order valence-corrected chi connectivity index (χ2v) is 3.30. The number of primary amides is 1. The summed E-state index contributed by atoms with van der Waals surface area (Å²) < 4.78 is 5.09. The molecule has 0 aliphatic rings. The van der Waals surface area contributed by atoms with Gasteiger partial charge in [0.1, 0.15) is 5.75 Å². The van der Waals surface area contributed by atoms with E-state index in [1.165, 1.54) is 0 Å². The first-order valence-corrected chi connectivity index (χ1v) is 4.73. The fourth-order valence-corrected chi connectivity index (χ4v) is 1.26. The topological polar surface area (TPSA) is 52.3 Å². The predicted molar refractivity (Wildman–Crippen MR) is 60.6 cm³/mol. The Balaban J connectivity index is 2.78. The molecule has 0 atom stereocenters. The molecule has 0 spiro atoms. The van der Waals surface area contributed by atoms with Crippen LogP contribution in [0.4, 0.5) is 0 Å².